The number of aryl methyl sites for hydroxylation is 1. The number of amides is 1. The molecule has 7 heteroatoms. The molecule has 1 aromatic heterocycles. The molecule has 152 valence electrons. The highest BCUT2D eigenvalue weighted by Gasteiger charge is 2.23. The van der Waals surface area contributed by atoms with E-state index >= 15 is 0 Å². The molecule has 0 saturated carbocycles. The zero-order valence-corrected chi connectivity index (χ0v) is 18.1. The van der Waals surface area contributed by atoms with Crippen LogP contribution in [0.15, 0.2) is 59.5 Å². The van der Waals surface area contributed by atoms with Gasteiger partial charge in [-0.2, -0.15) is 0 Å². The summed E-state index contributed by atoms with van der Waals surface area (Å²) >= 11 is 6.34. The lowest BCUT2D eigenvalue weighted by Gasteiger charge is -2.11. The molecule has 0 aliphatic carbocycles. The van der Waals surface area contributed by atoms with Gasteiger partial charge in [0.25, 0.3) is 5.91 Å². The van der Waals surface area contributed by atoms with Crippen LogP contribution in [-0.4, -0.2) is 14.8 Å². The maximum absolute atomic E-state index is 13.0. The van der Waals surface area contributed by atoms with Crippen LogP contribution in [0.2, 0.25) is 0 Å². The van der Waals surface area contributed by atoms with Gasteiger partial charge in [-0.1, -0.05) is 36.1 Å². The Morgan fingerprint density at radius 1 is 1.13 bits per heavy atom. The molecule has 2 aromatic carbocycles. The molecule has 0 radical (unpaired) electrons. The van der Waals surface area contributed by atoms with Crippen LogP contribution in [0, 0.1) is 19.7 Å². The average molecular weight is 439 g/mol. The van der Waals surface area contributed by atoms with Gasteiger partial charge in [0.15, 0.2) is 0 Å². The van der Waals surface area contributed by atoms with Crippen LogP contribution in [0.3, 0.4) is 0 Å². The van der Waals surface area contributed by atoms with Crippen molar-refractivity contribution in [1.29, 1.82) is 0 Å². The van der Waals surface area contributed by atoms with Crippen LogP contribution in [0.5, 0.6) is 5.75 Å². The molecule has 3 aromatic rings. The molecule has 0 unspecified atom stereocenters. The van der Waals surface area contributed by atoms with Crippen molar-refractivity contribution in [1.82, 2.24) is 9.88 Å². The van der Waals surface area contributed by atoms with Crippen LogP contribution in [-0.2, 0) is 11.4 Å². The third kappa shape index (κ3) is 4.32. The minimum Gasteiger partial charge on any atom is -0.489 e. The number of thiocarbonyl (C=S) groups is 1. The molecule has 1 amide bonds. The van der Waals surface area contributed by atoms with E-state index < -0.39 is 0 Å². The fraction of sp³-hybridized carbons (Fsp3) is 0.130. The van der Waals surface area contributed by atoms with Gasteiger partial charge >= 0.3 is 0 Å². The van der Waals surface area contributed by atoms with E-state index in [4.69, 9.17) is 17.0 Å². The molecule has 1 N–H and O–H groups in total. The number of carbonyl (C=O) groups is 1. The Hall–Kier alpha value is -2.90. The van der Waals surface area contributed by atoms with Crippen molar-refractivity contribution in [2.75, 3.05) is 0 Å². The SMILES string of the molecule is Cc1cc(/C=C2\SC(=S)NC2=O)c(C)n1-c1ccc(OCc2ccc(F)cc2)cc1. The van der Waals surface area contributed by atoms with E-state index in [1.54, 1.807) is 12.1 Å². The molecule has 1 aliphatic rings. The molecule has 1 aliphatic heterocycles. The molecule has 0 bridgehead atoms. The molecular weight excluding hydrogens is 419 g/mol. The van der Waals surface area contributed by atoms with Gasteiger partial charge in [-0.15, -0.1) is 0 Å². The van der Waals surface area contributed by atoms with E-state index in [0.29, 0.717) is 15.8 Å². The second-order valence-electron chi connectivity index (χ2n) is 6.92. The largest absolute Gasteiger partial charge is 0.489 e. The highest BCUT2D eigenvalue weighted by Crippen LogP contribution is 2.29. The number of carbonyl (C=O) groups excluding carboxylic acids is 1. The van der Waals surface area contributed by atoms with E-state index in [0.717, 1.165) is 34.0 Å². The molecule has 0 atom stereocenters. The first kappa shape index (κ1) is 20.4. The lowest BCUT2D eigenvalue weighted by Crippen LogP contribution is -2.17. The Morgan fingerprint density at radius 3 is 2.47 bits per heavy atom. The number of nitrogens with one attached hydrogen (secondary N) is 1. The predicted molar refractivity (Wildman–Crippen MR) is 122 cm³/mol. The third-order valence-corrected chi connectivity index (χ3v) is 5.98. The molecular formula is C23H19FN2O2S2. The summed E-state index contributed by atoms with van der Waals surface area (Å²) in [7, 11) is 0. The second kappa shape index (κ2) is 8.45. The van der Waals surface area contributed by atoms with E-state index in [1.807, 2.05) is 44.2 Å². The molecule has 30 heavy (non-hydrogen) atoms. The number of ether oxygens (including phenoxy) is 1. The highest BCUT2D eigenvalue weighted by molar-refractivity contribution is 8.26. The van der Waals surface area contributed by atoms with E-state index in [-0.39, 0.29) is 11.7 Å². The fourth-order valence-corrected chi connectivity index (χ4v) is 4.37. The first-order valence-electron chi connectivity index (χ1n) is 9.32. The third-order valence-electron chi connectivity index (χ3n) is 4.81. The number of benzene rings is 2. The highest BCUT2D eigenvalue weighted by atomic mass is 32.2. The average Bonchev–Trinajstić information content (AvgIpc) is 3.19. The Morgan fingerprint density at radius 2 is 1.83 bits per heavy atom. The Balaban J connectivity index is 1.52. The van der Waals surface area contributed by atoms with Crippen LogP contribution in [0.4, 0.5) is 4.39 Å². The van der Waals surface area contributed by atoms with Crippen LogP contribution < -0.4 is 10.1 Å². The van der Waals surface area contributed by atoms with Crippen molar-refractivity contribution in [2.24, 2.45) is 0 Å². The van der Waals surface area contributed by atoms with Crippen molar-refractivity contribution in [2.45, 2.75) is 20.5 Å². The molecule has 4 nitrogen and oxygen atoms in total. The minimum absolute atomic E-state index is 0.155. The molecule has 1 fully saturated rings. The lowest BCUT2D eigenvalue weighted by atomic mass is 10.2. The quantitative estimate of drug-likeness (QED) is 0.434. The minimum atomic E-state index is -0.259. The summed E-state index contributed by atoms with van der Waals surface area (Å²) in [6.07, 6.45) is 1.87. The van der Waals surface area contributed by atoms with Crippen molar-refractivity contribution in [3.8, 4) is 11.4 Å². The summed E-state index contributed by atoms with van der Waals surface area (Å²) in [5, 5.41) is 2.64. The number of aromatic nitrogens is 1. The number of thioether (sulfide) groups is 1. The molecule has 4 rings (SSSR count). The Bertz CT molecular complexity index is 1150. The number of nitrogens with zero attached hydrogens (tertiary/aromatic N) is 1. The standard InChI is InChI=1S/C23H19FN2O2S2/c1-14-11-17(12-21-22(27)25-23(29)30-21)15(2)26(14)19-7-9-20(10-8-19)28-13-16-3-5-18(24)6-4-16/h3-12H,13H2,1-2H3,(H,25,27,29)/b21-12-. The van der Waals surface area contributed by atoms with Crippen molar-refractivity contribution in [3.63, 3.8) is 0 Å². The van der Waals surface area contributed by atoms with Crippen molar-refractivity contribution >= 4 is 40.3 Å². The van der Waals surface area contributed by atoms with E-state index in [9.17, 15) is 9.18 Å². The normalized spacial score (nSPS) is 15.0. The Kier molecular flexibility index (Phi) is 5.74. The fourth-order valence-electron chi connectivity index (χ4n) is 3.33. The van der Waals surface area contributed by atoms with Gasteiger partial charge in [0.1, 0.15) is 22.5 Å². The maximum Gasteiger partial charge on any atom is 0.263 e. The van der Waals surface area contributed by atoms with E-state index in [2.05, 4.69) is 16.0 Å². The summed E-state index contributed by atoms with van der Waals surface area (Å²) in [5.74, 6) is 0.323. The monoisotopic (exact) mass is 438 g/mol. The smallest absolute Gasteiger partial charge is 0.263 e. The molecule has 0 spiro atoms. The molecule has 1 saturated heterocycles. The number of rotatable bonds is 5. The van der Waals surface area contributed by atoms with Crippen LogP contribution >= 0.6 is 24.0 Å². The number of hydrogen-bond donors (Lipinski definition) is 1. The predicted octanol–water partition coefficient (Wildman–Crippen LogP) is 5.30. The number of hydrogen-bond acceptors (Lipinski definition) is 4. The number of halogens is 1. The summed E-state index contributed by atoms with van der Waals surface area (Å²) in [4.78, 5) is 12.6. The second-order valence-corrected chi connectivity index (χ2v) is 8.64. The van der Waals surface area contributed by atoms with Gasteiger partial charge in [0.2, 0.25) is 0 Å². The summed E-state index contributed by atoms with van der Waals surface area (Å²) in [6.45, 7) is 4.43. The van der Waals surface area contributed by atoms with Gasteiger partial charge in [-0.3, -0.25) is 4.79 Å². The van der Waals surface area contributed by atoms with Gasteiger partial charge in [0.05, 0.1) is 4.91 Å². The van der Waals surface area contributed by atoms with Crippen LogP contribution in [0.1, 0.15) is 22.5 Å². The zero-order valence-electron chi connectivity index (χ0n) is 16.4. The van der Waals surface area contributed by atoms with Crippen molar-refractivity contribution < 1.29 is 13.9 Å². The summed E-state index contributed by atoms with van der Waals surface area (Å²) in [6, 6.07) is 16.1. The van der Waals surface area contributed by atoms with Gasteiger partial charge < -0.3 is 14.6 Å². The first-order chi connectivity index (χ1) is 14.4. The summed E-state index contributed by atoms with van der Waals surface area (Å²) in [5.41, 5.74) is 4.98. The maximum atomic E-state index is 13.0. The Labute approximate surface area is 183 Å². The lowest BCUT2D eigenvalue weighted by molar-refractivity contribution is -0.115. The van der Waals surface area contributed by atoms with Crippen molar-refractivity contribution in [3.05, 3.63) is 87.8 Å². The zero-order chi connectivity index (χ0) is 21.3. The van der Waals surface area contributed by atoms with E-state index in [1.165, 1.54) is 23.9 Å². The van der Waals surface area contributed by atoms with Gasteiger partial charge in [-0.25, -0.2) is 4.39 Å². The van der Waals surface area contributed by atoms with Gasteiger partial charge in [0, 0.05) is 17.1 Å². The molecule has 2 heterocycles. The first-order valence-corrected chi connectivity index (χ1v) is 10.5. The van der Waals surface area contributed by atoms with Gasteiger partial charge in [-0.05, 0) is 73.5 Å². The summed E-state index contributed by atoms with van der Waals surface area (Å²) < 4.78 is 21.4. The van der Waals surface area contributed by atoms with Crippen LogP contribution in [0.25, 0.3) is 11.8 Å². The topological polar surface area (TPSA) is 43.3 Å².